The van der Waals surface area contributed by atoms with Crippen molar-refractivity contribution in [3.8, 4) is 0 Å². The molecule has 0 aliphatic rings. The summed E-state index contributed by atoms with van der Waals surface area (Å²) in [6, 6.07) is 13.6. The number of nitrogens with zero attached hydrogens (tertiary/aromatic N) is 2. The van der Waals surface area contributed by atoms with Gasteiger partial charge in [-0.3, -0.25) is 4.99 Å². The maximum atomic E-state index is 13.8. The lowest BCUT2D eigenvalue weighted by Crippen LogP contribution is -2.38. The molecule has 4 nitrogen and oxygen atoms in total. The van der Waals surface area contributed by atoms with Crippen LogP contribution in [0.15, 0.2) is 47.5 Å². The monoisotopic (exact) mass is 356 g/mol. The Bertz CT molecular complexity index is 755. The molecule has 26 heavy (non-hydrogen) atoms. The van der Waals surface area contributed by atoms with Gasteiger partial charge in [0.1, 0.15) is 5.82 Å². The Morgan fingerprint density at radius 1 is 1.15 bits per heavy atom. The summed E-state index contributed by atoms with van der Waals surface area (Å²) < 4.78 is 13.8. The van der Waals surface area contributed by atoms with Crippen molar-refractivity contribution in [1.29, 1.82) is 0 Å². The van der Waals surface area contributed by atoms with E-state index in [-0.39, 0.29) is 11.9 Å². The van der Waals surface area contributed by atoms with Gasteiger partial charge in [0.05, 0.1) is 6.04 Å². The number of guanidine groups is 1. The Morgan fingerprint density at radius 2 is 1.85 bits per heavy atom. The first-order valence-corrected chi connectivity index (χ1v) is 8.85. The van der Waals surface area contributed by atoms with E-state index in [0.717, 1.165) is 12.1 Å². The summed E-state index contributed by atoms with van der Waals surface area (Å²) in [5, 5.41) is 6.67. The van der Waals surface area contributed by atoms with Crippen LogP contribution in [-0.4, -0.2) is 32.0 Å². The van der Waals surface area contributed by atoms with E-state index in [9.17, 15) is 4.39 Å². The zero-order chi connectivity index (χ0) is 19.1. The van der Waals surface area contributed by atoms with Crippen molar-refractivity contribution in [2.45, 2.75) is 33.0 Å². The van der Waals surface area contributed by atoms with Crippen molar-refractivity contribution in [3.05, 3.63) is 70.5 Å². The van der Waals surface area contributed by atoms with E-state index in [1.54, 1.807) is 26.1 Å². The molecule has 0 saturated carbocycles. The normalized spacial score (nSPS) is 13.0. The third-order valence-corrected chi connectivity index (χ3v) is 4.32. The quantitative estimate of drug-likeness (QED) is 0.613. The number of hydrogen-bond acceptors (Lipinski definition) is 2. The van der Waals surface area contributed by atoms with Gasteiger partial charge in [0.25, 0.3) is 0 Å². The Balaban J connectivity index is 2.01. The Morgan fingerprint density at radius 3 is 2.46 bits per heavy atom. The molecule has 0 radical (unpaired) electrons. The number of aryl methyl sites for hydroxylation is 1. The minimum atomic E-state index is -0.184. The summed E-state index contributed by atoms with van der Waals surface area (Å²) in [6.45, 7) is 5.33. The number of hydrogen-bond donors (Lipinski definition) is 2. The molecule has 2 aromatic rings. The zero-order valence-electron chi connectivity index (χ0n) is 16.3. The maximum Gasteiger partial charge on any atom is 0.191 e. The highest BCUT2D eigenvalue weighted by atomic mass is 19.1. The number of nitrogens with one attached hydrogen (secondary N) is 2. The van der Waals surface area contributed by atoms with E-state index < -0.39 is 0 Å². The second-order valence-electron chi connectivity index (χ2n) is 6.81. The van der Waals surface area contributed by atoms with E-state index in [2.05, 4.69) is 52.8 Å². The van der Waals surface area contributed by atoms with Gasteiger partial charge in [-0.05, 0) is 56.3 Å². The number of benzene rings is 2. The summed E-state index contributed by atoms with van der Waals surface area (Å²) in [7, 11) is 5.86. The maximum absolute atomic E-state index is 13.8. The summed E-state index contributed by atoms with van der Waals surface area (Å²) in [5.41, 5.74) is 4.07. The summed E-state index contributed by atoms with van der Waals surface area (Å²) in [6.07, 6.45) is 0. The topological polar surface area (TPSA) is 39.7 Å². The Kier molecular flexibility index (Phi) is 7.16. The molecular weight excluding hydrogens is 327 g/mol. The third kappa shape index (κ3) is 5.56. The third-order valence-electron chi connectivity index (χ3n) is 4.32. The largest absolute Gasteiger partial charge is 0.352 e. The van der Waals surface area contributed by atoms with Crippen LogP contribution in [-0.2, 0) is 13.1 Å². The van der Waals surface area contributed by atoms with Gasteiger partial charge in [0, 0.05) is 20.1 Å². The fourth-order valence-corrected chi connectivity index (χ4v) is 2.77. The second-order valence-corrected chi connectivity index (χ2v) is 6.81. The standard InChI is InChI=1S/C21H29FN4/c1-15-10-11-17(12-20(15)22)16(2)25-21(23-3)24-13-18-8-6-7-9-19(18)14-26(4)5/h6-12,16H,13-14H2,1-5H3,(H2,23,24,25). The van der Waals surface area contributed by atoms with E-state index in [0.29, 0.717) is 18.1 Å². The molecule has 0 aromatic heterocycles. The molecule has 0 spiro atoms. The number of rotatable bonds is 6. The van der Waals surface area contributed by atoms with Crippen molar-refractivity contribution >= 4 is 5.96 Å². The zero-order valence-corrected chi connectivity index (χ0v) is 16.3. The van der Waals surface area contributed by atoms with Gasteiger partial charge in [0.15, 0.2) is 5.96 Å². The Labute approximate surface area is 156 Å². The number of aliphatic imine (C=N–C) groups is 1. The van der Waals surface area contributed by atoms with Crippen LogP contribution in [0.4, 0.5) is 4.39 Å². The lowest BCUT2D eigenvalue weighted by atomic mass is 10.1. The number of halogens is 1. The Hall–Kier alpha value is -2.40. The molecule has 1 atom stereocenters. The first-order valence-electron chi connectivity index (χ1n) is 8.85. The van der Waals surface area contributed by atoms with Gasteiger partial charge in [0.2, 0.25) is 0 Å². The van der Waals surface area contributed by atoms with Gasteiger partial charge in [-0.1, -0.05) is 36.4 Å². The first kappa shape index (κ1) is 19.9. The minimum Gasteiger partial charge on any atom is -0.352 e. The highest BCUT2D eigenvalue weighted by Gasteiger charge is 2.10. The average molecular weight is 356 g/mol. The van der Waals surface area contributed by atoms with Gasteiger partial charge in [-0.15, -0.1) is 0 Å². The lowest BCUT2D eigenvalue weighted by Gasteiger charge is -2.20. The van der Waals surface area contributed by atoms with Crippen molar-refractivity contribution in [3.63, 3.8) is 0 Å². The molecule has 0 saturated heterocycles. The molecule has 2 rings (SSSR count). The summed E-state index contributed by atoms with van der Waals surface area (Å²) in [4.78, 5) is 6.44. The minimum absolute atomic E-state index is 0.0479. The molecule has 2 aromatic carbocycles. The fourth-order valence-electron chi connectivity index (χ4n) is 2.77. The van der Waals surface area contributed by atoms with Crippen LogP contribution in [0.5, 0.6) is 0 Å². The van der Waals surface area contributed by atoms with E-state index >= 15 is 0 Å². The van der Waals surface area contributed by atoms with Crippen LogP contribution in [0.3, 0.4) is 0 Å². The van der Waals surface area contributed by atoms with E-state index in [1.807, 2.05) is 19.1 Å². The molecule has 0 amide bonds. The van der Waals surface area contributed by atoms with Crippen LogP contribution in [0.25, 0.3) is 0 Å². The van der Waals surface area contributed by atoms with Crippen LogP contribution in [0, 0.1) is 12.7 Å². The highest BCUT2D eigenvalue weighted by Crippen LogP contribution is 2.16. The van der Waals surface area contributed by atoms with Crippen LogP contribution < -0.4 is 10.6 Å². The second kappa shape index (κ2) is 9.34. The predicted octanol–water partition coefficient (Wildman–Crippen LogP) is 3.62. The molecule has 5 heteroatoms. The highest BCUT2D eigenvalue weighted by molar-refractivity contribution is 5.80. The molecule has 0 bridgehead atoms. The van der Waals surface area contributed by atoms with Crippen LogP contribution in [0.1, 0.15) is 35.2 Å². The predicted molar refractivity (Wildman–Crippen MR) is 107 cm³/mol. The molecule has 140 valence electrons. The molecule has 0 fully saturated rings. The van der Waals surface area contributed by atoms with Gasteiger partial charge in [-0.25, -0.2) is 4.39 Å². The van der Waals surface area contributed by atoms with Crippen molar-refractivity contribution in [1.82, 2.24) is 15.5 Å². The van der Waals surface area contributed by atoms with Crippen LogP contribution >= 0.6 is 0 Å². The molecular formula is C21H29FN4. The van der Waals surface area contributed by atoms with Crippen molar-refractivity contribution in [2.75, 3.05) is 21.1 Å². The molecule has 0 aliphatic carbocycles. The molecule has 0 aliphatic heterocycles. The first-order chi connectivity index (χ1) is 12.4. The van der Waals surface area contributed by atoms with Crippen molar-refractivity contribution in [2.24, 2.45) is 4.99 Å². The van der Waals surface area contributed by atoms with Crippen molar-refractivity contribution < 1.29 is 4.39 Å². The fraction of sp³-hybridized carbons (Fsp3) is 0.381. The van der Waals surface area contributed by atoms with E-state index in [1.165, 1.54) is 11.1 Å². The molecule has 0 heterocycles. The summed E-state index contributed by atoms with van der Waals surface area (Å²) >= 11 is 0. The van der Waals surface area contributed by atoms with Gasteiger partial charge < -0.3 is 15.5 Å². The molecule has 1 unspecified atom stereocenters. The SMILES string of the molecule is CN=C(NCc1ccccc1CN(C)C)NC(C)c1ccc(C)c(F)c1. The average Bonchev–Trinajstić information content (AvgIpc) is 2.61. The van der Waals surface area contributed by atoms with Crippen LogP contribution in [0.2, 0.25) is 0 Å². The summed E-state index contributed by atoms with van der Waals surface area (Å²) in [5.74, 6) is 0.509. The van der Waals surface area contributed by atoms with E-state index in [4.69, 9.17) is 0 Å². The van der Waals surface area contributed by atoms with Gasteiger partial charge in [-0.2, -0.15) is 0 Å². The smallest absolute Gasteiger partial charge is 0.191 e. The van der Waals surface area contributed by atoms with Gasteiger partial charge >= 0.3 is 0 Å². The lowest BCUT2D eigenvalue weighted by molar-refractivity contribution is 0.400. The molecule has 2 N–H and O–H groups in total.